The molecule has 2 rings (SSSR count). The van der Waals surface area contributed by atoms with Gasteiger partial charge >= 0.3 is 0 Å². The van der Waals surface area contributed by atoms with Crippen molar-refractivity contribution in [3.63, 3.8) is 0 Å². The summed E-state index contributed by atoms with van der Waals surface area (Å²) in [6, 6.07) is -0.112. The van der Waals surface area contributed by atoms with Gasteiger partial charge in [0.05, 0.1) is 6.04 Å². The van der Waals surface area contributed by atoms with E-state index in [9.17, 15) is 15.3 Å². The van der Waals surface area contributed by atoms with Gasteiger partial charge in [0, 0.05) is 18.8 Å². The van der Waals surface area contributed by atoms with E-state index < -0.39 is 18.3 Å². The number of hydrogen-bond donors (Lipinski definition) is 3. The number of hydrogen-bond acceptors (Lipinski definition) is 5. The summed E-state index contributed by atoms with van der Waals surface area (Å²) in [4.78, 5) is 6.43. The third kappa shape index (κ3) is 2.59. The highest BCUT2D eigenvalue weighted by Gasteiger charge is 2.45. The zero-order valence-corrected chi connectivity index (χ0v) is 10.8. The molecule has 0 aliphatic carbocycles. The molecule has 0 aromatic rings. The monoisotopic (exact) mass is 260 g/mol. The summed E-state index contributed by atoms with van der Waals surface area (Å²) >= 11 is 1.60. The van der Waals surface area contributed by atoms with Gasteiger partial charge in [-0.05, 0) is 6.42 Å². The van der Waals surface area contributed by atoms with E-state index in [4.69, 9.17) is 0 Å². The van der Waals surface area contributed by atoms with Gasteiger partial charge in [0.2, 0.25) is 0 Å². The van der Waals surface area contributed by atoms with Crippen LogP contribution in [0.2, 0.25) is 0 Å². The van der Waals surface area contributed by atoms with Crippen LogP contribution in [0.25, 0.3) is 0 Å². The van der Waals surface area contributed by atoms with Crippen molar-refractivity contribution in [2.45, 2.75) is 44.1 Å². The SMILES string of the molecule is CCCCN=C1SC[C@@H]2[C@H](O)[C@H](O)[C@@H](O)CN12. The molecule has 4 atom stereocenters. The zero-order valence-electron chi connectivity index (χ0n) is 9.99. The summed E-state index contributed by atoms with van der Waals surface area (Å²) in [7, 11) is 0. The van der Waals surface area contributed by atoms with E-state index >= 15 is 0 Å². The smallest absolute Gasteiger partial charge is 0.159 e. The molecule has 17 heavy (non-hydrogen) atoms. The van der Waals surface area contributed by atoms with E-state index in [1.807, 2.05) is 4.90 Å². The molecule has 0 saturated carbocycles. The molecule has 2 saturated heterocycles. The zero-order chi connectivity index (χ0) is 12.4. The quantitative estimate of drug-likeness (QED) is 0.605. The topological polar surface area (TPSA) is 76.3 Å². The second kappa shape index (κ2) is 5.56. The molecule has 5 nitrogen and oxygen atoms in total. The predicted octanol–water partition coefficient (Wildman–Crippen LogP) is -0.344. The number of thioether (sulfide) groups is 1. The molecule has 0 radical (unpaired) electrons. The standard InChI is InChI=1S/C11H20N2O3S/c1-2-3-4-12-11-13-5-8(14)10(16)9(15)7(13)6-17-11/h7-10,14-16H,2-6H2,1H3/t7-,8+,9+,10-/m1/s1. The van der Waals surface area contributed by atoms with E-state index in [0.29, 0.717) is 6.54 Å². The Morgan fingerprint density at radius 3 is 2.82 bits per heavy atom. The molecule has 0 aromatic heterocycles. The third-order valence-electron chi connectivity index (χ3n) is 3.31. The maximum atomic E-state index is 9.89. The van der Waals surface area contributed by atoms with Crippen molar-refractivity contribution in [2.24, 2.45) is 4.99 Å². The fraction of sp³-hybridized carbons (Fsp3) is 0.909. The Morgan fingerprint density at radius 1 is 1.35 bits per heavy atom. The summed E-state index contributed by atoms with van der Waals surface area (Å²) in [6.45, 7) is 3.27. The van der Waals surface area contributed by atoms with E-state index in [0.717, 1.165) is 30.3 Å². The molecule has 2 heterocycles. The molecule has 2 aliphatic rings. The molecule has 0 bridgehead atoms. The maximum Gasteiger partial charge on any atom is 0.159 e. The Morgan fingerprint density at radius 2 is 2.12 bits per heavy atom. The van der Waals surface area contributed by atoms with Crippen LogP contribution in [0.1, 0.15) is 19.8 Å². The molecule has 2 aliphatic heterocycles. The summed E-state index contributed by atoms with van der Waals surface area (Å²) in [5.74, 6) is 0.732. The fourth-order valence-corrected chi connectivity index (χ4v) is 3.46. The van der Waals surface area contributed by atoms with Crippen molar-refractivity contribution in [1.29, 1.82) is 0 Å². The van der Waals surface area contributed by atoms with Crippen LogP contribution in [0.3, 0.4) is 0 Å². The second-order valence-electron chi connectivity index (χ2n) is 4.60. The Balaban J connectivity index is 2.04. The lowest BCUT2D eigenvalue weighted by Gasteiger charge is -2.40. The predicted molar refractivity (Wildman–Crippen MR) is 68.2 cm³/mol. The Labute approximate surface area is 106 Å². The highest BCUT2D eigenvalue weighted by molar-refractivity contribution is 8.14. The van der Waals surface area contributed by atoms with Gasteiger partial charge in [-0.15, -0.1) is 0 Å². The minimum Gasteiger partial charge on any atom is -0.388 e. The Kier molecular flexibility index (Phi) is 4.30. The van der Waals surface area contributed by atoms with E-state index in [1.165, 1.54) is 0 Å². The van der Waals surface area contributed by atoms with Gasteiger partial charge < -0.3 is 20.2 Å². The van der Waals surface area contributed by atoms with Crippen molar-refractivity contribution < 1.29 is 15.3 Å². The van der Waals surface area contributed by atoms with Crippen LogP contribution in [0, 0.1) is 0 Å². The first-order valence-electron chi connectivity index (χ1n) is 6.13. The van der Waals surface area contributed by atoms with Crippen LogP contribution in [-0.2, 0) is 0 Å². The van der Waals surface area contributed by atoms with Gasteiger partial charge in [-0.3, -0.25) is 4.99 Å². The average molecular weight is 260 g/mol. The van der Waals surface area contributed by atoms with Gasteiger partial charge in [0.15, 0.2) is 5.17 Å². The lowest BCUT2D eigenvalue weighted by Crippen LogP contribution is -2.60. The van der Waals surface area contributed by atoms with Crippen molar-refractivity contribution in [3.8, 4) is 0 Å². The third-order valence-corrected chi connectivity index (χ3v) is 4.44. The lowest BCUT2D eigenvalue weighted by atomic mass is 9.96. The highest BCUT2D eigenvalue weighted by Crippen LogP contribution is 2.31. The molecular formula is C11H20N2O3S. The van der Waals surface area contributed by atoms with Gasteiger partial charge in [-0.2, -0.15) is 0 Å². The number of rotatable bonds is 3. The van der Waals surface area contributed by atoms with Crippen LogP contribution in [0.15, 0.2) is 4.99 Å². The lowest BCUT2D eigenvalue weighted by molar-refractivity contribution is -0.114. The van der Waals surface area contributed by atoms with Crippen molar-refractivity contribution in [3.05, 3.63) is 0 Å². The highest BCUT2D eigenvalue weighted by atomic mass is 32.2. The number of unbranched alkanes of at least 4 members (excludes halogenated alkanes) is 1. The first-order valence-corrected chi connectivity index (χ1v) is 7.11. The summed E-state index contributed by atoms with van der Waals surface area (Å²) in [5.41, 5.74) is 0. The summed E-state index contributed by atoms with van der Waals surface area (Å²) < 4.78 is 0. The number of aliphatic imine (C=N–C) groups is 1. The molecule has 0 amide bonds. The second-order valence-corrected chi connectivity index (χ2v) is 5.58. The van der Waals surface area contributed by atoms with Crippen molar-refractivity contribution >= 4 is 16.9 Å². The van der Waals surface area contributed by atoms with Crippen LogP contribution >= 0.6 is 11.8 Å². The van der Waals surface area contributed by atoms with Crippen molar-refractivity contribution in [1.82, 2.24) is 4.90 Å². The van der Waals surface area contributed by atoms with Crippen LogP contribution in [-0.4, -0.2) is 68.6 Å². The van der Waals surface area contributed by atoms with Crippen LogP contribution in [0.5, 0.6) is 0 Å². The summed E-state index contributed by atoms with van der Waals surface area (Å²) in [6.07, 6.45) is -0.654. The summed E-state index contributed by atoms with van der Waals surface area (Å²) in [5, 5.41) is 30.1. The number of aliphatic hydroxyl groups excluding tert-OH is 3. The van der Waals surface area contributed by atoms with E-state index in [-0.39, 0.29) is 6.04 Å². The van der Waals surface area contributed by atoms with E-state index in [2.05, 4.69) is 11.9 Å². The normalized spacial score (nSPS) is 39.8. The molecule has 0 aromatic carbocycles. The largest absolute Gasteiger partial charge is 0.388 e. The van der Waals surface area contributed by atoms with Gasteiger partial charge in [-0.1, -0.05) is 25.1 Å². The minimum absolute atomic E-state index is 0.112. The molecule has 2 fully saturated rings. The molecule has 98 valence electrons. The molecule has 0 unspecified atom stereocenters. The molecule has 3 N–H and O–H groups in total. The van der Waals surface area contributed by atoms with Crippen LogP contribution < -0.4 is 0 Å². The first-order chi connectivity index (χ1) is 8.15. The van der Waals surface area contributed by atoms with Gasteiger partial charge in [0.25, 0.3) is 0 Å². The van der Waals surface area contributed by atoms with Gasteiger partial charge in [-0.25, -0.2) is 0 Å². The average Bonchev–Trinajstić information content (AvgIpc) is 2.70. The maximum absolute atomic E-state index is 9.89. The number of fused-ring (bicyclic) bond motifs is 1. The Bertz CT molecular complexity index is 300. The molecule has 0 spiro atoms. The molecule has 6 heteroatoms. The first kappa shape index (κ1) is 13.1. The van der Waals surface area contributed by atoms with Crippen LogP contribution in [0.4, 0.5) is 0 Å². The number of aliphatic hydroxyl groups is 3. The number of nitrogens with zero attached hydrogens (tertiary/aromatic N) is 2. The number of piperidine rings is 1. The Hall–Kier alpha value is -0.300. The minimum atomic E-state index is -1.04. The van der Waals surface area contributed by atoms with Crippen molar-refractivity contribution in [2.75, 3.05) is 18.8 Å². The fourth-order valence-electron chi connectivity index (χ4n) is 2.21. The number of amidine groups is 1. The van der Waals surface area contributed by atoms with Gasteiger partial charge in [0.1, 0.15) is 18.3 Å². The van der Waals surface area contributed by atoms with E-state index in [1.54, 1.807) is 11.8 Å². The molecular weight excluding hydrogens is 240 g/mol.